The number of nitrogens with zero attached hydrogens (tertiary/aromatic N) is 4. The van der Waals surface area contributed by atoms with Crippen LogP contribution in [0.3, 0.4) is 0 Å². The SMILES string of the molecule is CN1CCC(C)(Cn2nnc3ccc(C(=O)O)cc32)CC1. The molecule has 1 saturated heterocycles. The number of rotatable bonds is 3. The quantitative estimate of drug-likeness (QED) is 0.933. The molecule has 0 radical (unpaired) electrons. The molecule has 6 nitrogen and oxygen atoms in total. The van der Waals surface area contributed by atoms with Crippen LogP contribution in [0.2, 0.25) is 0 Å². The minimum Gasteiger partial charge on any atom is -0.478 e. The molecule has 0 saturated carbocycles. The van der Waals surface area contributed by atoms with Crippen molar-refractivity contribution in [1.29, 1.82) is 0 Å². The monoisotopic (exact) mass is 288 g/mol. The smallest absolute Gasteiger partial charge is 0.335 e. The topological polar surface area (TPSA) is 71.2 Å². The van der Waals surface area contributed by atoms with Gasteiger partial charge >= 0.3 is 5.97 Å². The largest absolute Gasteiger partial charge is 0.478 e. The van der Waals surface area contributed by atoms with E-state index in [1.165, 1.54) is 0 Å². The first-order valence-corrected chi connectivity index (χ1v) is 7.22. The molecule has 0 aliphatic carbocycles. The molecule has 1 aliphatic heterocycles. The normalized spacial score (nSPS) is 19.0. The van der Waals surface area contributed by atoms with Gasteiger partial charge in [0.2, 0.25) is 0 Å². The number of aromatic nitrogens is 3. The maximum Gasteiger partial charge on any atom is 0.335 e. The summed E-state index contributed by atoms with van der Waals surface area (Å²) in [6, 6.07) is 4.95. The van der Waals surface area contributed by atoms with Crippen molar-refractivity contribution in [3.05, 3.63) is 23.8 Å². The first-order valence-electron chi connectivity index (χ1n) is 7.22. The van der Waals surface area contributed by atoms with E-state index in [9.17, 15) is 4.79 Å². The zero-order valence-electron chi connectivity index (χ0n) is 12.4. The molecule has 0 bridgehead atoms. The van der Waals surface area contributed by atoms with Crippen LogP contribution in [0.25, 0.3) is 11.0 Å². The number of hydrogen-bond acceptors (Lipinski definition) is 4. The van der Waals surface area contributed by atoms with Crippen molar-refractivity contribution in [2.75, 3.05) is 20.1 Å². The third-order valence-electron chi connectivity index (χ3n) is 4.49. The van der Waals surface area contributed by atoms with Gasteiger partial charge in [-0.25, -0.2) is 9.48 Å². The molecule has 0 amide bonds. The summed E-state index contributed by atoms with van der Waals surface area (Å²) < 4.78 is 1.85. The van der Waals surface area contributed by atoms with Crippen molar-refractivity contribution in [2.24, 2.45) is 5.41 Å². The Hall–Kier alpha value is -1.95. The lowest BCUT2D eigenvalue weighted by Gasteiger charge is -2.37. The average Bonchev–Trinajstić information content (AvgIpc) is 2.84. The van der Waals surface area contributed by atoms with Gasteiger partial charge in [-0.3, -0.25) is 0 Å². The highest BCUT2D eigenvalue weighted by Gasteiger charge is 2.30. The molecule has 1 N–H and O–H groups in total. The molecular formula is C15H20N4O2. The molecule has 0 atom stereocenters. The van der Waals surface area contributed by atoms with E-state index in [0.29, 0.717) is 0 Å². The number of aromatic carboxylic acids is 1. The number of benzene rings is 1. The first-order chi connectivity index (χ1) is 9.97. The Morgan fingerprint density at radius 2 is 2.10 bits per heavy atom. The average molecular weight is 288 g/mol. The molecule has 1 fully saturated rings. The highest BCUT2D eigenvalue weighted by Crippen LogP contribution is 2.32. The number of carboxylic acids is 1. The van der Waals surface area contributed by atoms with Crippen LogP contribution in [0.5, 0.6) is 0 Å². The van der Waals surface area contributed by atoms with Gasteiger partial charge in [-0.05, 0) is 56.6 Å². The molecule has 2 heterocycles. The van der Waals surface area contributed by atoms with Gasteiger partial charge in [0.25, 0.3) is 0 Å². The summed E-state index contributed by atoms with van der Waals surface area (Å²) >= 11 is 0. The number of carbonyl (C=O) groups is 1. The van der Waals surface area contributed by atoms with E-state index in [4.69, 9.17) is 5.11 Å². The van der Waals surface area contributed by atoms with Crippen LogP contribution in [0.15, 0.2) is 18.2 Å². The zero-order valence-corrected chi connectivity index (χ0v) is 12.4. The molecule has 21 heavy (non-hydrogen) atoms. The van der Waals surface area contributed by atoms with Crippen LogP contribution < -0.4 is 0 Å². The van der Waals surface area contributed by atoms with Crippen molar-refractivity contribution < 1.29 is 9.90 Å². The van der Waals surface area contributed by atoms with E-state index in [-0.39, 0.29) is 11.0 Å². The molecule has 6 heteroatoms. The van der Waals surface area contributed by atoms with Crippen LogP contribution in [0.4, 0.5) is 0 Å². The Morgan fingerprint density at radius 3 is 2.76 bits per heavy atom. The lowest BCUT2D eigenvalue weighted by atomic mass is 9.80. The van der Waals surface area contributed by atoms with Gasteiger partial charge in [0.05, 0.1) is 11.1 Å². The lowest BCUT2D eigenvalue weighted by molar-refractivity contribution is 0.0697. The van der Waals surface area contributed by atoms with Gasteiger partial charge in [0.1, 0.15) is 5.52 Å². The fourth-order valence-corrected chi connectivity index (χ4v) is 2.89. The van der Waals surface area contributed by atoms with Gasteiger partial charge < -0.3 is 10.0 Å². The van der Waals surface area contributed by atoms with E-state index in [0.717, 1.165) is 43.5 Å². The molecule has 112 valence electrons. The maximum absolute atomic E-state index is 11.1. The van der Waals surface area contributed by atoms with Gasteiger partial charge in [-0.15, -0.1) is 5.10 Å². The fourth-order valence-electron chi connectivity index (χ4n) is 2.89. The first kappa shape index (κ1) is 14.0. The second kappa shape index (κ2) is 5.11. The summed E-state index contributed by atoms with van der Waals surface area (Å²) in [5.41, 5.74) is 2.01. The lowest BCUT2D eigenvalue weighted by Crippen LogP contribution is -2.38. The summed E-state index contributed by atoms with van der Waals surface area (Å²) in [6.07, 6.45) is 2.23. The van der Waals surface area contributed by atoms with Crippen LogP contribution in [0, 0.1) is 5.41 Å². The minimum atomic E-state index is -0.921. The Morgan fingerprint density at radius 1 is 1.38 bits per heavy atom. The highest BCUT2D eigenvalue weighted by molar-refractivity contribution is 5.92. The van der Waals surface area contributed by atoms with Gasteiger partial charge in [-0.1, -0.05) is 12.1 Å². The molecular weight excluding hydrogens is 268 g/mol. The van der Waals surface area contributed by atoms with Crippen molar-refractivity contribution in [3.63, 3.8) is 0 Å². The maximum atomic E-state index is 11.1. The predicted octanol–water partition coefficient (Wildman–Crippen LogP) is 1.86. The highest BCUT2D eigenvalue weighted by atomic mass is 16.4. The minimum absolute atomic E-state index is 0.187. The molecule has 0 unspecified atom stereocenters. The van der Waals surface area contributed by atoms with E-state index in [1.54, 1.807) is 18.2 Å². The Labute approximate surface area is 123 Å². The second-order valence-electron chi connectivity index (χ2n) is 6.37. The molecule has 3 rings (SSSR count). The predicted molar refractivity (Wildman–Crippen MR) is 79.3 cm³/mol. The molecule has 1 aliphatic rings. The van der Waals surface area contributed by atoms with Crippen LogP contribution in [-0.4, -0.2) is 51.1 Å². The van der Waals surface area contributed by atoms with Crippen molar-refractivity contribution in [2.45, 2.75) is 26.3 Å². The van der Waals surface area contributed by atoms with Gasteiger partial charge in [0, 0.05) is 6.54 Å². The van der Waals surface area contributed by atoms with Crippen molar-refractivity contribution in [1.82, 2.24) is 19.9 Å². The van der Waals surface area contributed by atoms with Crippen molar-refractivity contribution >= 4 is 17.0 Å². The van der Waals surface area contributed by atoms with Gasteiger partial charge in [0.15, 0.2) is 0 Å². The summed E-state index contributed by atoms with van der Waals surface area (Å²) in [5, 5.41) is 17.5. The Balaban J connectivity index is 1.90. The molecule has 1 aromatic carbocycles. The Bertz CT molecular complexity index is 671. The number of fused-ring (bicyclic) bond motifs is 1. The summed E-state index contributed by atoms with van der Waals surface area (Å²) in [7, 11) is 2.14. The third-order valence-corrected chi connectivity index (χ3v) is 4.49. The van der Waals surface area contributed by atoms with Crippen LogP contribution in [0.1, 0.15) is 30.1 Å². The van der Waals surface area contributed by atoms with E-state index < -0.39 is 5.97 Å². The number of hydrogen-bond donors (Lipinski definition) is 1. The molecule has 0 spiro atoms. The van der Waals surface area contributed by atoms with Gasteiger partial charge in [-0.2, -0.15) is 0 Å². The number of likely N-dealkylation sites (tertiary alicyclic amines) is 1. The zero-order chi connectivity index (χ0) is 15.0. The summed E-state index contributed by atoms with van der Waals surface area (Å²) in [6.45, 7) is 5.22. The molecule has 1 aromatic heterocycles. The van der Waals surface area contributed by atoms with Crippen LogP contribution in [-0.2, 0) is 6.54 Å². The van der Waals surface area contributed by atoms with E-state index in [1.807, 2.05) is 4.68 Å². The Kier molecular flexibility index (Phi) is 3.41. The summed E-state index contributed by atoms with van der Waals surface area (Å²) in [4.78, 5) is 13.4. The third kappa shape index (κ3) is 2.76. The summed E-state index contributed by atoms with van der Waals surface area (Å²) in [5.74, 6) is -0.921. The van der Waals surface area contributed by atoms with E-state index in [2.05, 4.69) is 29.2 Å². The second-order valence-corrected chi connectivity index (χ2v) is 6.37. The fraction of sp³-hybridized carbons (Fsp3) is 0.533. The molecule has 2 aromatic rings. The number of carboxylic acid groups (broad SMARTS) is 1. The standard InChI is InChI=1S/C15H20N4O2/c1-15(5-7-18(2)8-6-15)10-19-13-9-11(14(20)21)3-4-12(13)16-17-19/h3-4,9H,5-8,10H2,1-2H3,(H,20,21). The number of piperidine rings is 1. The van der Waals surface area contributed by atoms with Crippen molar-refractivity contribution in [3.8, 4) is 0 Å². The van der Waals surface area contributed by atoms with E-state index >= 15 is 0 Å². The van der Waals surface area contributed by atoms with Crippen LogP contribution >= 0.6 is 0 Å².